The van der Waals surface area contributed by atoms with E-state index in [0.29, 0.717) is 35.0 Å². The van der Waals surface area contributed by atoms with E-state index in [2.05, 4.69) is 0 Å². The highest BCUT2D eigenvalue weighted by molar-refractivity contribution is 6.46. The van der Waals surface area contributed by atoms with Gasteiger partial charge < -0.3 is 24.2 Å². The Morgan fingerprint density at radius 2 is 1.63 bits per heavy atom. The van der Waals surface area contributed by atoms with Crippen LogP contribution in [0.25, 0.3) is 5.76 Å². The van der Waals surface area contributed by atoms with Gasteiger partial charge in [-0.1, -0.05) is 30.3 Å². The molecule has 180 valence electrons. The fourth-order valence-corrected chi connectivity index (χ4v) is 4.05. The zero-order chi connectivity index (χ0) is 24.8. The third kappa shape index (κ3) is 5.20. The number of carbonyl (C=O) groups excluding carboxylic acids is 2. The first kappa shape index (κ1) is 24.0. The summed E-state index contributed by atoms with van der Waals surface area (Å²) in [6, 6.07) is 22.4. The molecule has 7 heteroatoms. The van der Waals surface area contributed by atoms with Crippen LogP contribution in [-0.4, -0.2) is 48.6 Å². The van der Waals surface area contributed by atoms with Crippen LogP contribution in [0.3, 0.4) is 0 Å². The number of ketones is 1. The SMILES string of the molecule is CCOc1ccc(/C(O)=C2\C(=O)C(=O)N(CCOC)[C@H]2c2cccc(Oc3ccccc3)c2)cc1. The van der Waals surface area contributed by atoms with Crippen molar-refractivity contribution < 1.29 is 28.9 Å². The molecule has 1 fully saturated rings. The average Bonchev–Trinajstić information content (AvgIpc) is 3.13. The molecule has 1 atom stereocenters. The Kier molecular flexibility index (Phi) is 7.48. The van der Waals surface area contributed by atoms with Crippen molar-refractivity contribution in [2.75, 3.05) is 26.9 Å². The zero-order valence-corrected chi connectivity index (χ0v) is 19.6. The van der Waals surface area contributed by atoms with E-state index in [1.807, 2.05) is 37.3 Å². The maximum atomic E-state index is 13.1. The molecular formula is C28H27NO6. The van der Waals surface area contributed by atoms with Gasteiger partial charge in [-0.15, -0.1) is 0 Å². The Balaban J connectivity index is 1.77. The molecule has 1 aliphatic heterocycles. The Hall–Kier alpha value is -4.10. The van der Waals surface area contributed by atoms with Crippen molar-refractivity contribution in [3.05, 3.63) is 95.6 Å². The van der Waals surface area contributed by atoms with Crippen molar-refractivity contribution in [2.24, 2.45) is 0 Å². The van der Waals surface area contributed by atoms with Crippen molar-refractivity contribution in [2.45, 2.75) is 13.0 Å². The molecule has 7 nitrogen and oxygen atoms in total. The lowest BCUT2D eigenvalue weighted by Gasteiger charge is -2.25. The summed E-state index contributed by atoms with van der Waals surface area (Å²) in [6.45, 7) is 2.82. The van der Waals surface area contributed by atoms with Gasteiger partial charge in [0.1, 0.15) is 23.0 Å². The second-order valence-corrected chi connectivity index (χ2v) is 7.93. The Morgan fingerprint density at radius 3 is 2.31 bits per heavy atom. The lowest BCUT2D eigenvalue weighted by molar-refractivity contribution is -0.140. The molecule has 1 N–H and O–H groups in total. The number of ether oxygens (including phenoxy) is 3. The molecule has 1 amide bonds. The summed E-state index contributed by atoms with van der Waals surface area (Å²) in [5.41, 5.74) is 1.08. The Bertz CT molecular complexity index is 1220. The minimum atomic E-state index is -0.795. The lowest BCUT2D eigenvalue weighted by atomic mass is 9.95. The van der Waals surface area contributed by atoms with Crippen molar-refractivity contribution >= 4 is 17.4 Å². The van der Waals surface area contributed by atoms with Gasteiger partial charge in [0.15, 0.2) is 0 Å². The van der Waals surface area contributed by atoms with Gasteiger partial charge in [0.25, 0.3) is 11.7 Å². The smallest absolute Gasteiger partial charge is 0.295 e. The molecule has 0 bridgehead atoms. The molecule has 4 rings (SSSR count). The molecule has 1 aliphatic rings. The first-order chi connectivity index (χ1) is 17.0. The summed E-state index contributed by atoms with van der Waals surface area (Å²) in [5.74, 6) is 0.179. The van der Waals surface area contributed by atoms with E-state index in [0.717, 1.165) is 0 Å². The fourth-order valence-electron chi connectivity index (χ4n) is 4.05. The molecule has 0 spiro atoms. The number of hydrogen-bond donors (Lipinski definition) is 1. The van der Waals surface area contributed by atoms with Crippen LogP contribution >= 0.6 is 0 Å². The quantitative estimate of drug-likeness (QED) is 0.269. The molecule has 0 aliphatic carbocycles. The third-order valence-electron chi connectivity index (χ3n) is 5.67. The van der Waals surface area contributed by atoms with Crippen LogP contribution in [0, 0.1) is 0 Å². The molecule has 3 aromatic carbocycles. The van der Waals surface area contributed by atoms with Gasteiger partial charge in [0.2, 0.25) is 0 Å². The van der Waals surface area contributed by atoms with Crippen LogP contribution < -0.4 is 9.47 Å². The lowest BCUT2D eigenvalue weighted by Crippen LogP contribution is -2.32. The second-order valence-electron chi connectivity index (χ2n) is 7.93. The Morgan fingerprint density at radius 1 is 0.914 bits per heavy atom. The van der Waals surface area contributed by atoms with Crippen molar-refractivity contribution in [3.8, 4) is 17.2 Å². The number of hydrogen-bond acceptors (Lipinski definition) is 6. The van der Waals surface area contributed by atoms with Gasteiger partial charge in [-0.2, -0.15) is 0 Å². The van der Waals surface area contributed by atoms with Gasteiger partial charge in [-0.3, -0.25) is 9.59 Å². The minimum absolute atomic E-state index is 0.0205. The number of nitrogens with zero attached hydrogens (tertiary/aromatic N) is 1. The topological polar surface area (TPSA) is 85.3 Å². The number of rotatable bonds is 9. The average molecular weight is 474 g/mol. The fraction of sp³-hybridized carbons (Fsp3) is 0.214. The summed E-state index contributed by atoms with van der Waals surface area (Å²) in [7, 11) is 1.53. The summed E-state index contributed by atoms with van der Waals surface area (Å²) in [6.07, 6.45) is 0. The van der Waals surface area contributed by atoms with E-state index < -0.39 is 17.7 Å². The first-order valence-corrected chi connectivity index (χ1v) is 11.4. The highest BCUT2D eigenvalue weighted by atomic mass is 16.5. The van der Waals surface area contributed by atoms with Crippen molar-refractivity contribution in [1.29, 1.82) is 0 Å². The van der Waals surface area contributed by atoms with E-state index in [4.69, 9.17) is 14.2 Å². The summed E-state index contributed by atoms with van der Waals surface area (Å²) in [4.78, 5) is 27.5. The molecule has 0 aromatic heterocycles. The number of para-hydroxylation sites is 1. The molecule has 3 aromatic rings. The minimum Gasteiger partial charge on any atom is -0.507 e. The predicted octanol–water partition coefficient (Wildman–Crippen LogP) is 4.95. The maximum Gasteiger partial charge on any atom is 0.295 e. The highest BCUT2D eigenvalue weighted by Crippen LogP contribution is 2.40. The summed E-state index contributed by atoms with van der Waals surface area (Å²) >= 11 is 0. The number of amides is 1. The van der Waals surface area contributed by atoms with E-state index in [9.17, 15) is 14.7 Å². The van der Waals surface area contributed by atoms with Gasteiger partial charge >= 0.3 is 0 Å². The first-order valence-electron chi connectivity index (χ1n) is 11.4. The number of carbonyl (C=O) groups is 2. The van der Waals surface area contributed by atoms with Crippen LogP contribution in [0.5, 0.6) is 17.2 Å². The maximum absolute atomic E-state index is 13.1. The van der Waals surface area contributed by atoms with Crippen LogP contribution in [0.2, 0.25) is 0 Å². The van der Waals surface area contributed by atoms with Crippen LogP contribution in [0.15, 0.2) is 84.4 Å². The van der Waals surface area contributed by atoms with E-state index >= 15 is 0 Å². The summed E-state index contributed by atoms with van der Waals surface area (Å²) in [5, 5.41) is 11.2. The highest BCUT2D eigenvalue weighted by Gasteiger charge is 2.46. The predicted molar refractivity (Wildman–Crippen MR) is 131 cm³/mol. The largest absolute Gasteiger partial charge is 0.507 e. The van der Waals surface area contributed by atoms with Crippen molar-refractivity contribution in [1.82, 2.24) is 4.90 Å². The second kappa shape index (κ2) is 10.9. The number of methoxy groups -OCH3 is 1. The molecule has 1 saturated heterocycles. The molecule has 0 saturated carbocycles. The van der Waals surface area contributed by atoms with E-state index in [1.165, 1.54) is 12.0 Å². The molecule has 0 unspecified atom stereocenters. The van der Waals surface area contributed by atoms with Crippen LogP contribution in [0.1, 0.15) is 24.1 Å². The van der Waals surface area contributed by atoms with Gasteiger partial charge in [-0.25, -0.2) is 0 Å². The van der Waals surface area contributed by atoms with Gasteiger partial charge in [-0.05, 0) is 61.0 Å². The number of benzene rings is 3. The number of likely N-dealkylation sites (tertiary alicyclic amines) is 1. The third-order valence-corrected chi connectivity index (χ3v) is 5.67. The van der Waals surface area contributed by atoms with Crippen LogP contribution in [-0.2, 0) is 14.3 Å². The van der Waals surface area contributed by atoms with Crippen LogP contribution in [0.4, 0.5) is 0 Å². The zero-order valence-electron chi connectivity index (χ0n) is 19.6. The number of Topliss-reactive ketones (excluding diaryl/α,β-unsaturated/α-hetero) is 1. The Labute approximate surface area is 204 Å². The number of aliphatic hydroxyl groups is 1. The molecule has 1 heterocycles. The molecule has 35 heavy (non-hydrogen) atoms. The summed E-state index contributed by atoms with van der Waals surface area (Å²) < 4.78 is 16.6. The van der Waals surface area contributed by atoms with E-state index in [1.54, 1.807) is 48.5 Å². The monoisotopic (exact) mass is 473 g/mol. The van der Waals surface area contributed by atoms with Gasteiger partial charge in [0.05, 0.1) is 24.8 Å². The van der Waals surface area contributed by atoms with Gasteiger partial charge in [0, 0.05) is 19.2 Å². The standard InChI is InChI=1S/C28H27NO6/c1-3-34-21-14-12-19(13-15-21)26(30)24-25(29(16-17-33-2)28(32)27(24)31)20-8-7-11-23(18-20)35-22-9-5-4-6-10-22/h4-15,18,25,30H,3,16-17H2,1-2H3/b26-24+/t25-/m0/s1. The molecule has 0 radical (unpaired) electrons. The van der Waals surface area contributed by atoms with Crippen molar-refractivity contribution in [3.63, 3.8) is 0 Å². The van der Waals surface area contributed by atoms with E-state index in [-0.39, 0.29) is 24.5 Å². The molecular weight excluding hydrogens is 446 g/mol. The normalized spacial score (nSPS) is 17.0. The number of aliphatic hydroxyl groups excluding tert-OH is 1.